The number of hydrogen-bond donors (Lipinski definition) is 0. The van der Waals surface area contributed by atoms with Gasteiger partial charge in [-0.1, -0.05) is 164 Å². The molecule has 13 aromatic rings. The number of hydrogen-bond acceptors (Lipinski definition) is 3. The molecule has 0 saturated heterocycles. The molecule has 0 bridgehead atoms. The first kappa shape index (κ1) is 36.9. The number of anilines is 3. The van der Waals surface area contributed by atoms with Gasteiger partial charge in [-0.2, -0.15) is 0 Å². The minimum atomic E-state index is 1.11. The predicted octanol–water partition coefficient (Wildman–Crippen LogP) is 18.0. The Hall–Kier alpha value is -7.76. The van der Waals surface area contributed by atoms with Crippen molar-refractivity contribution in [2.75, 3.05) is 4.90 Å². The quantitative estimate of drug-likeness (QED) is 0.155. The monoisotopic (exact) mass is 850 g/mol. The van der Waals surface area contributed by atoms with E-state index >= 15 is 0 Å². The number of aromatic nitrogens is 1. The lowest BCUT2D eigenvalue weighted by Gasteiger charge is -2.26. The van der Waals surface area contributed by atoms with E-state index in [1.165, 1.54) is 101 Å². The standard InChI is InChI=1S/C60H38N2S2/c1-3-13-39(14-4-1)40-25-31-44(32-26-40)61(45-33-27-41(28-34-45)47-19-11-21-50-49-17-8-10-24-56(49)63-58(47)50)46-35-29-42(30-36-46)48-20-12-22-51-52-37-38-55-57(60(52)64-59(48)51)53-18-7-9-23-54(53)62(55)43-15-5-2-6-16-43/h1-38H. The molecule has 0 fully saturated rings. The smallest absolute Gasteiger partial charge is 0.0555 e. The number of rotatable bonds is 7. The lowest BCUT2D eigenvalue weighted by molar-refractivity contribution is 1.18. The Kier molecular flexibility index (Phi) is 8.61. The molecular formula is C60H38N2S2. The highest BCUT2D eigenvalue weighted by molar-refractivity contribution is 7.27. The first-order valence-corrected chi connectivity index (χ1v) is 23.4. The molecule has 0 spiro atoms. The van der Waals surface area contributed by atoms with Crippen molar-refractivity contribution in [1.29, 1.82) is 0 Å². The summed E-state index contributed by atoms with van der Waals surface area (Å²) in [7, 11) is 0. The molecule has 0 saturated carbocycles. The van der Waals surface area contributed by atoms with Crippen molar-refractivity contribution in [3.05, 3.63) is 231 Å². The first-order chi connectivity index (χ1) is 31.7. The zero-order chi connectivity index (χ0) is 42.1. The van der Waals surface area contributed by atoms with E-state index in [2.05, 4.69) is 240 Å². The first-order valence-electron chi connectivity index (χ1n) is 21.7. The van der Waals surface area contributed by atoms with Crippen LogP contribution >= 0.6 is 22.7 Å². The van der Waals surface area contributed by atoms with E-state index in [9.17, 15) is 0 Å². The molecule has 0 aliphatic rings. The molecule has 3 heterocycles. The van der Waals surface area contributed by atoms with Crippen LogP contribution in [0.3, 0.4) is 0 Å². The van der Waals surface area contributed by atoms with Gasteiger partial charge in [-0.3, -0.25) is 0 Å². The molecule has 0 aliphatic carbocycles. The summed E-state index contributed by atoms with van der Waals surface area (Å²) in [4.78, 5) is 2.38. The lowest BCUT2D eigenvalue weighted by atomic mass is 10.0. The molecule has 64 heavy (non-hydrogen) atoms. The molecule has 0 N–H and O–H groups in total. The summed E-state index contributed by atoms with van der Waals surface area (Å²) in [5.41, 5.74) is 14.3. The molecule has 2 nitrogen and oxygen atoms in total. The average molecular weight is 851 g/mol. The third kappa shape index (κ3) is 5.91. The second-order valence-corrected chi connectivity index (χ2v) is 18.5. The van der Waals surface area contributed by atoms with Crippen LogP contribution in [0.5, 0.6) is 0 Å². The largest absolute Gasteiger partial charge is 0.311 e. The Morgan fingerprint density at radius 2 is 0.781 bits per heavy atom. The Morgan fingerprint density at radius 1 is 0.297 bits per heavy atom. The minimum absolute atomic E-state index is 1.11. The molecule has 0 atom stereocenters. The zero-order valence-corrected chi connectivity index (χ0v) is 36.3. The van der Waals surface area contributed by atoms with Gasteiger partial charge < -0.3 is 9.47 Å². The molecule has 300 valence electrons. The highest BCUT2D eigenvalue weighted by atomic mass is 32.1. The number of para-hydroxylation sites is 2. The van der Waals surface area contributed by atoms with Crippen LogP contribution in [0.2, 0.25) is 0 Å². The molecule has 10 aromatic carbocycles. The fourth-order valence-corrected chi connectivity index (χ4v) is 12.5. The van der Waals surface area contributed by atoms with Crippen molar-refractivity contribution in [2.45, 2.75) is 0 Å². The molecule has 0 aliphatic heterocycles. The average Bonchev–Trinajstić information content (AvgIpc) is 4.05. The minimum Gasteiger partial charge on any atom is -0.311 e. The molecule has 0 radical (unpaired) electrons. The summed E-state index contributed by atoms with van der Waals surface area (Å²) in [6.07, 6.45) is 0. The van der Waals surface area contributed by atoms with Crippen LogP contribution in [0, 0.1) is 0 Å². The van der Waals surface area contributed by atoms with Gasteiger partial charge in [0.25, 0.3) is 0 Å². The molecule has 0 amide bonds. The summed E-state index contributed by atoms with van der Waals surface area (Å²) in [6.45, 7) is 0. The van der Waals surface area contributed by atoms with E-state index in [4.69, 9.17) is 0 Å². The van der Waals surface area contributed by atoms with Crippen LogP contribution in [0.15, 0.2) is 231 Å². The van der Waals surface area contributed by atoms with Gasteiger partial charge >= 0.3 is 0 Å². The van der Waals surface area contributed by atoms with Crippen molar-refractivity contribution >= 4 is 102 Å². The van der Waals surface area contributed by atoms with Crippen molar-refractivity contribution in [3.63, 3.8) is 0 Å². The van der Waals surface area contributed by atoms with Crippen molar-refractivity contribution < 1.29 is 0 Å². The van der Waals surface area contributed by atoms with Gasteiger partial charge in [-0.15, -0.1) is 22.7 Å². The second-order valence-electron chi connectivity index (χ2n) is 16.4. The fourth-order valence-electron chi connectivity index (χ4n) is 9.83. The summed E-state index contributed by atoms with van der Waals surface area (Å²) in [6, 6.07) is 84.3. The Labute approximate surface area is 378 Å². The number of nitrogens with zero attached hydrogens (tertiary/aromatic N) is 2. The summed E-state index contributed by atoms with van der Waals surface area (Å²) in [5.74, 6) is 0. The van der Waals surface area contributed by atoms with Gasteiger partial charge in [0.2, 0.25) is 0 Å². The van der Waals surface area contributed by atoms with Crippen molar-refractivity contribution in [1.82, 2.24) is 4.57 Å². The van der Waals surface area contributed by atoms with E-state index in [-0.39, 0.29) is 0 Å². The highest BCUT2D eigenvalue weighted by Gasteiger charge is 2.20. The van der Waals surface area contributed by atoms with Crippen LogP contribution in [0.25, 0.3) is 101 Å². The topological polar surface area (TPSA) is 8.17 Å². The molecular weight excluding hydrogens is 813 g/mol. The van der Waals surface area contributed by atoms with Gasteiger partial charge in [0.1, 0.15) is 0 Å². The van der Waals surface area contributed by atoms with Crippen LogP contribution < -0.4 is 4.90 Å². The molecule has 4 heteroatoms. The maximum absolute atomic E-state index is 2.41. The third-order valence-corrected chi connectivity index (χ3v) is 15.3. The molecule has 0 unspecified atom stereocenters. The van der Waals surface area contributed by atoms with E-state index in [1.807, 2.05) is 22.7 Å². The fraction of sp³-hybridized carbons (Fsp3) is 0. The summed E-state index contributed by atoms with van der Waals surface area (Å²) < 4.78 is 7.71. The van der Waals surface area contributed by atoms with Crippen LogP contribution in [0.4, 0.5) is 17.1 Å². The molecule has 3 aromatic heterocycles. The van der Waals surface area contributed by atoms with Gasteiger partial charge in [-0.25, -0.2) is 0 Å². The highest BCUT2D eigenvalue weighted by Crippen LogP contribution is 2.47. The molecule has 13 rings (SSSR count). The maximum Gasteiger partial charge on any atom is 0.0555 e. The number of benzene rings is 10. The van der Waals surface area contributed by atoms with Crippen LogP contribution in [0.1, 0.15) is 0 Å². The summed E-state index contributed by atoms with van der Waals surface area (Å²) >= 11 is 3.80. The summed E-state index contributed by atoms with van der Waals surface area (Å²) in [5, 5.41) is 7.84. The Balaban J connectivity index is 0.913. The van der Waals surface area contributed by atoms with Crippen molar-refractivity contribution in [3.8, 4) is 39.1 Å². The van der Waals surface area contributed by atoms with E-state index in [1.54, 1.807) is 0 Å². The normalized spacial score (nSPS) is 11.8. The van der Waals surface area contributed by atoms with Crippen molar-refractivity contribution in [2.24, 2.45) is 0 Å². The Bertz CT molecular complexity index is 3860. The van der Waals surface area contributed by atoms with Gasteiger partial charge in [0, 0.05) is 73.9 Å². The van der Waals surface area contributed by atoms with Crippen LogP contribution in [-0.4, -0.2) is 4.57 Å². The lowest BCUT2D eigenvalue weighted by Crippen LogP contribution is -2.09. The maximum atomic E-state index is 2.41. The van der Waals surface area contributed by atoms with Crippen LogP contribution in [-0.2, 0) is 0 Å². The Morgan fingerprint density at radius 3 is 1.44 bits per heavy atom. The number of fused-ring (bicyclic) bond motifs is 10. The van der Waals surface area contributed by atoms with Gasteiger partial charge in [-0.05, 0) is 100 Å². The van der Waals surface area contributed by atoms with Gasteiger partial charge in [0.15, 0.2) is 0 Å². The predicted molar refractivity (Wildman–Crippen MR) is 278 cm³/mol. The van der Waals surface area contributed by atoms with E-state index in [0.717, 1.165) is 17.1 Å². The third-order valence-electron chi connectivity index (χ3n) is 12.8. The SMILES string of the molecule is c1ccc(-c2ccc(N(c3ccc(-c4cccc5c4sc4ccccc45)cc3)c3ccc(-c4cccc5c4sc4c5ccc5c4c4ccccc4n5-c4ccccc4)cc3)cc2)cc1. The van der Waals surface area contributed by atoms with E-state index in [0.29, 0.717) is 0 Å². The number of thiophene rings is 2. The van der Waals surface area contributed by atoms with E-state index < -0.39 is 0 Å². The van der Waals surface area contributed by atoms with Gasteiger partial charge in [0.05, 0.1) is 11.0 Å². The second kappa shape index (κ2) is 15.0. The zero-order valence-electron chi connectivity index (χ0n) is 34.7.